The first kappa shape index (κ1) is 29.9. The number of amides is 1. The van der Waals surface area contributed by atoms with E-state index in [1.165, 1.54) is 26.4 Å². The van der Waals surface area contributed by atoms with Crippen LogP contribution in [0.2, 0.25) is 0 Å². The van der Waals surface area contributed by atoms with Crippen LogP contribution in [0.1, 0.15) is 24.5 Å². The molecule has 0 spiro atoms. The van der Waals surface area contributed by atoms with Crippen molar-refractivity contribution >= 4 is 23.3 Å². The number of hydrogen-bond acceptors (Lipinski definition) is 9. The lowest BCUT2D eigenvalue weighted by Gasteiger charge is -2.23. The van der Waals surface area contributed by atoms with Gasteiger partial charge in [0.05, 0.1) is 37.3 Å². The van der Waals surface area contributed by atoms with Crippen molar-refractivity contribution in [2.24, 2.45) is 0 Å². The number of aliphatic hydroxyl groups excluding tert-OH is 1. The van der Waals surface area contributed by atoms with E-state index in [0.717, 1.165) is 17.9 Å². The predicted molar refractivity (Wildman–Crippen MR) is 149 cm³/mol. The Morgan fingerprint density at radius 2 is 1.77 bits per heavy atom. The van der Waals surface area contributed by atoms with Crippen LogP contribution in [0.5, 0.6) is 11.5 Å². The minimum atomic E-state index is -4.86. The van der Waals surface area contributed by atoms with Crippen molar-refractivity contribution in [3.05, 3.63) is 57.9 Å². The summed E-state index contributed by atoms with van der Waals surface area (Å²) < 4.78 is 59.3. The van der Waals surface area contributed by atoms with Gasteiger partial charge in [0.25, 0.3) is 11.5 Å². The van der Waals surface area contributed by atoms with Gasteiger partial charge in [0.1, 0.15) is 17.2 Å². The lowest BCUT2D eigenvalue weighted by atomic mass is 10.0. The van der Waals surface area contributed by atoms with Crippen LogP contribution < -0.4 is 24.8 Å². The minimum absolute atomic E-state index is 0.0162. The maximum Gasteiger partial charge on any atom is 0.418 e. The summed E-state index contributed by atoms with van der Waals surface area (Å²) in [5.41, 5.74) is -1.57. The molecular formula is C29H29F3N4O7. The number of aromatic nitrogens is 2. The van der Waals surface area contributed by atoms with Crippen molar-refractivity contribution in [2.75, 3.05) is 50.3 Å². The van der Waals surface area contributed by atoms with Gasteiger partial charge in [-0.3, -0.25) is 14.4 Å². The van der Waals surface area contributed by atoms with Crippen LogP contribution in [-0.4, -0.2) is 73.3 Å². The summed E-state index contributed by atoms with van der Waals surface area (Å²) in [4.78, 5) is 41.3. The predicted octanol–water partition coefficient (Wildman–Crippen LogP) is 2.96. The zero-order valence-electron chi connectivity index (χ0n) is 23.6. The average molecular weight is 603 g/mol. The molecule has 1 N–H and O–H groups in total. The van der Waals surface area contributed by atoms with E-state index in [1.807, 2.05) is 0 Å². The van der Waals surface area contributed by atoms with Crippen molar-refractivity contribution in [1.82, 2.24) is 9.78 Å². The van der Waals surface area contributed by atoms with E-state index >= 15 is 0 Å². The molecule has 43 heavy (non-hydrogen) atoms. The summed E-state index contributed by atoms with van der Waals surface area (Å²) in [5, 5.41) is 14.5. The molecule has 2 aliphatic heterocycles. The molecule has 1 unspecified atom stereocenters. The average Bonchev–Trinajstić information content (AvgIpc) is 3.62. The molecule has 14 heteroatoms. The van der Waals surface area contributed by atoms with Crippen LogP contribution >= 0.6 is 0 Å². The number of anilines is 2. The van der Waals surface area contributed by atoms with Crippen LogP contribution in [-0.2, 0) is 26.9 Å². The van der Waals surface area contributed by atoms with Crippen molar-refractivity contribution in [3.8, 4) is 28.4 Å². The molecule has 1 saturated heterocycles. The molecule has 0 saturated carbocycles. The van der Waals surface area contributed by atoms with E-state index in [4.69, 9.17) is 14.2 Å². The number of carbonyl (C=O) groups is 2. The number of aliphatic hydroxyl groups is 1. The Morgan fingerprint density at radius 3 is 2.35 bits per heavy atom. The van der Waals surface area contributed by atoms with E-state index < -0.39 is 47.6 Å². The van der Waals surface area contributed by atoms with Gasteiger partial charge in [-0.05, 0) is 43.2 Å². The third kappa shape index (κ3) is 5.87. The second kappa shape index (κ2) is 11.6. The number of methoxy groups -OCH3 is 2. The number of β-amino-alcohol motifs (C(OH)–C–C–N with tert-alkyl or cyclic N) is 1. The Bertz CT molecular complexity index is 1620. The fourth-order valence-electron chi connectivity index (χ4n) is 5.34. The summed E-state index contributed by atoms with van der Waals surface area (Å²) in [6.45, 7) is 1.11. The van der Waals surface area contributed by atoms with Crippen LogP contribution in [0.15, 0.2) is 41.2 Å². The number of hydrogen-bond donors (Lipinski definition) is 1. The number of halogens is 3. The smallest absolute Gasteiger partial charge is 0.418 e. The third-order valence-corrected chi connectivity index (χ3v) is 7.39. The lowest BCUT2D eigenvalue weighted by molar-refractivity contribution is -0.145. The van der Waals surface area contributed by atoms with Crippen molar-refractivity contribution in [3.63, 3.8) is 0 Å². The molecule has 2 aromatic carbocycles. The maximum absolute atomic E-state index is 14.4. The van der Waals surface area contributed by atoms with Crippen LogP contribution in [0.4, 0.5) is 24.5 Å². The lowest BCUT2D eigenvalue weighted by Crippen LogP contribution is -2.38. The molecule has 1 aromatic heterocycles. The highest BCUT2D eigenvalue weighted by molar-refractivity contribution is 5.98. The number of esters is 1. The molecule has 1 amide bonds. The number of nitrogens with zero attached hydrogens (tertiary/aromatic N) is 4. The molecule has 2 aliphatic rings. The summed E-state index contributed by atoms with van der Waals surface area (Å²) in [5.74, 6) is -0.681. The Morgan fingerprint density at radius 1 is 1.07 bits per heavy atom. The van der Waals surface area contributed by atoms with Gasteiger partial charge in [-0.2, -0.15) is 23.0 Å². The van der Waals surface area contributed by atoms with Gasteiger partial charge in [0.15, 0.2) is 6.61 Å². The molecule has 0 aliphatic carbocycles. The molecule has 3 heterocycles. The standard InChI is InChI=1S/C29H29F3N4O7/c1-16(37)43-15-25(39)35-9-7-22-26(17-10-20(41-2)13-21(11-17)42-3)33-36(28(40)27(22)35)24-12-18(34-8-6-19(38)14-34)4-5-23(24)29(30,31)32/h4-5,10-13,19,38H,6-9,14-15H2,1-3H3. The first-order valence-electron chi connectivity index (χ1n) is 13.4. The second-order valence-corrected chi connectivity index (χ2v) is 10.2. The molecule has 228 valence electrons. The number of benzene rings is 2. The van der Waals surface area contributed by atoms with E-state index in [-0.39, 0.29) is 30.9 Å². The van der Waals surface area contributed by atoms with Crippen molar-refractivity contribution < 1.29 is 42.1 Å². The SMILES string of the molecule is COc1cc(OC)cc(-c2nn(-c3cc(N4CCC(O)C4)ccc3C(F)(F)F)c(=O)c3c2CCN3C(=O)COC(C)=O)c1. The topological polar surface area (TPSA) is 123 Å². The molecule has 0 bridgehead atoms. The Kier molecular flexibility index (Phi) is 8.06. The Labute approximate surface area is 244 Å². The first-order chi connectivity index (χ1) is 20.4. The van der Waals surface area contributed by atoms with Gasteiger partial charge < -0.3 is 29.1 Å². The molecule has 5 rings (SSSR count). The third-order valence-electron chi connectivity index (χ3n) is 7.39. The molecule has 1 atom stereocenters. The molecule has 11 nitrogen and oxygen atoms in total. The van der Waals surface area contributed by atoms with Gasteiger partial charge in [-0.25, -0.2) is 0 Å². The van der Waals surface area contributed by atoms with E-state index in [9.17, 15) is 32.7 Å². The van der Waals surface area contributed by atoms with E-state index in [1.54, 1.807) is 23.1 Å². The molecule has 0 radical (unpaired) electrons. The number of carbonyl (C=O) groups excluding carboxylic acids is 2. The highest BCUT2D eigenvalue weighted by Gasteiger charge is 2.38. The van der Waals surface area contributed by atoms with Crippen LogP contribution in [0, 0.1) is 0 Å². The van der Waals surface area contributed by atoms with E-state index in [0.29, 0.717) is 46.0 Å². The number of fused-ring (bicyclic) bond motifs is 1. The number of alkyl halides is 3. The van der Waals surface area contributed by atoms with Crippen LogP contribution in [0.25, 0.3) is 16.9 Å². The quantitative estimate of drug-likeness (QED) is 0.407. The first-order valence-corrected chi connectivity index (χ1v) is 13.4. The highest BCUT2D eigenvalue weighted by Crippen LogP contribution is 2.39. The normalized spacial score (nSPS) is 16.3. The van der Waals surface area contributed by atoms with E-state index in [2.05, 4.69) is 5.10 Å². The van der Waals surface area contributed by atoms with Gasteiger partial charge >= 0.3 is 12.1 Å². The maximum atomic E-state index is 14.4. The van der Waals surface area contributed by atoms with Gasteiger partial charge in [0, 0.05) is 49.4 Å². The van der Waals surface area contributed by atoms with Gasteiger partial charge in [0.2, 0.25) is 0 Å². The molecular weight excluding hydrogens is 573 g/mol. The zero-order valence-corrected chi connectivity index (χ0v) is 23.6. The Balaban J connectivity index is 1.78. The van der Waals surface area contributed by atoms with Gasteiger partial charge in [-0.15, -0.1) is 0 Å². The Hall–Kier alpha value is -4.59. The minimum Gasteiger partial charge on any atom is -0.497 e. The number of ether oxygens (including phenoxy) is 3. The number of rotatable bonds is 7. The second-order valence-electron chi connectivity index (χ2n) is 10.2. The summed E-state index contributed by atoms with van der Waals surface area (Å²) >= 11 is 0. The van der Waals surface area contributed by atoms with Crippen LogP contribution in [0.3, 0.4) is 0 Å². The van der Waals surface area contributed by atoms with Gasteiger partial charge in [-0.1, -0.05) is 0 Å². The zero-order chi connectivity index (χ0) is 31.1. The summed E-state index contributed by atoms with van der Waals surface area (Å²) in [7, 11) is 2.87. The molecule has 1 fully saturated rings. The largest absolute Gasteiger partial charge is 0.497 e. The van der Waals surface area contributed by atoms with Crippen molar-refractivity contribution in [1.29, 1.82) is 0 Å². The summed E-state index contributed by atoms with van der Waals surface area (Å²) in [6, 6.07) is 8.15. The molecule has 3 aromatic rings. The monoisotopic (exact) mass is 602 g/mol. The highest BCUT2D eigenvalue weighted by atomic mass is 19.4. The van der Waals surface area contributed by atoms with Crippen molar-refractivity contribution in [2.45, 2.75) is 32.0 Å². The fraction of sp³-hybridized carbons (Fsp3) is 0.379. The fourth-order valence-corrected chi connectivity index (χ4v) is 5.34. The summed E-state index contributed by atoms with van der Waals surface area (Å²) in [6.07, 6.45) is -4.90.